The molecule has 0 bridgehead atoms. The van der Waals surface area contributed by atoms with E-state index >= 15 is 0 Å². The van der Waals surface area contributed by atoms with Gasteiger partial charge in [0.25, 0.3) is 0 Å². The zero-order valence-corrected chi connectivity index (χ0v) is 5.74. The van der Waals surface area contributed by atoms with Crippen molar-refractivity contribution in [1.29, 1.82) is 0 Å². The first-order valence-electron chi connectivity index (χ1n) is 1.63. The fourth-order valence-electron chi connectivity index (χ4n) is 0.0962. The van der Waals surface area contributed by atoms with Crippen molar-refractivity contribution in [1.82, 2.24) is 0 Å². The first kappa shape index (κ1) is 6.66. The average Bonchev–Trinajstić information content (AvgIpc) is 1.65. The predicted molar refractivity (Wildman–Crippen MR) is 19.9 cm³/mol. The van der Waals surface area contributed by atoms with Crippen molar-refractivity contribution in [2.75, 3.05) is 13.7 Å². The van der Waals surface area contributed by atoms with E-state index in [1.807, 2.05) is 0 Å². The molecule has 1 atom stereocenters. The number of methoxy groups -OCH3 is 1. The number of hydrogen-bond donors (Lipinski definition) is 1. The van der Waals surface area contributed by atoms with Gasteiger partial charge in [-0.3, -0.25) is 0 Å². The molecule has 3 heteroatoms. The summed E-state index contributed by atoms with van der Waals surface area (Å²) in [5.41, 5.74) is 5.14. The van der Waals surface area contributed by atoms with Gasteiger partial charge >= 0.3 is 49.5 Å². The monoisotopic (exact) mass is 271 g/mol. The van der Waals surface area contributed by atoms with Crippen LogP contribution in [-0.4, -0.2) is 18.0 Å². The summed E-state index contributed by atoms with van der Waals surface area (Å²) in [4.78, 5) is 0. The van der Waals surface area contributed by atoms with Crippen molar-refractivity contribution in [3.05, 3.63) is 0 Å². The second-order valence-corrected chi connectivity index (χ2v) is 2.23. The minimum atomic E-state index is 0.157. The molecule has 0 aromatic carbocycles. The molecule has 6 heavy (non-hydrogen) atoms. The number of rotatable bonds is 2. The molecule has 0 fully saturated rings. The number of ether oxygens (including phenoxy) is 1. The van der Waals surface area contributed by atoms with Crippen LogP contribution < -0.4 is 5.73 Å². The second-order valence-electron chi connectivity index (χ2n) is 0.832. The van der Waals surface area contributed by atoms with Crippen molar-refractivity contribution in [3.8, 4) is 0 Å². The molecule has 0 radical (unpaired) electrons. The van der Waals surface area contributed by atoms with Gasteiger partial charge in [0.05, 0.1) is 0 Å². The molecule has 0 saturated heterocycles. The summed E-state index contributed by atoms with van der Waals surface area (Å²) >= 11 is 2.29. The van der Waals surface area contributed by atoms with Crippen molar-refractivity contribution in [3.63, 3.8) is 0 Å². The van der Waals surface area contributed by atoms with Gasteiger partial charge in [0.15, 0.2) is 0 Å². The molecule has 0 saturated carbocycles. The molecule has 1 unspecified atom stereocenters. The summed E-state index contributed by atoms with van der Waals surface area (Å²) in [6.45, 7) is 0.583. The van der Waals surface area contributed by atoms with Crippen molar-refractivity contribution in [2.45, 2.75) is 4.32 Å². The van der Waals surface area contributed by atoms with Crippen LogP contribution in [0, 0.1) is 0 Å². The van der Waals surface area contributed by atoms with Gasteiger partial charge in [0, 0.05) is 0 Å². The molecule has 0 heterocycles. The van der Waals surface area contributed by atoms with E-state index in [9.17, 15) is 0 Å². The number of nitrogens with two attached hydrogens (primary N) is 1. The van der Waals surface area contributed by atoms with E-state index in [1.165, 1.54) is 0 Å². The topological polar surface area (TPSA) is 35.2 Å². The molecule has 0 spiro atoms. The molecule has 0 aromatic heterocycles. The normalized spacial score (nSPS) is 14.7. The molecule has 2 N–H and O–H groups in total. The van der Waals surface area contributed by atoms with Gasteiger partial charge in [-0.15, -0.1) is 0 Å². The fourth-order valence-corrected chi connectivity index (χ4v) is 0.0962. The maximum atomic E-state index is 5.14. The predicted octanol–water partition coefficient (Wildman–Crippen LogP) is -0.536. The summed E-state index contributed by atoms with van der Waals surface area (Å²) < 4.78 is 4.91. The van der Waals surface area contributed by atoms with E-state index in [-0.39, 0.29) is 4.32 Å². The van der Waals surface area contributed by atoms with Gasteiger partial charge in [-0.05, 0) is 0 Å². The zero-order chi connectivity index (χ0) is 4.99. The Labute approximate surface area is 50.0 Å². The van der Waals surface area contributed by atoms with Crippen molar-refractivity contribution < 1.29 is 25.8 Å². The Kier molecular flexibility index (Phi) is 4.26. The Morgan fingerprint density at radius 2 is 2.50 bits per heavy atom. The molecule has 2 nitrogen and oxygen atoms in total. The third-order valence-corrected chi connectivity index (χ3v) is 1.43. The van der Waals surface area contributed by atoms with E-state index in [0.717, 1.165) is 0 Å². The standard InChI is InChI=1S/C3H8NO.Au/c1-5-3-2-4;/h3H,2,4H2,1H3;. The van der Waals surface area contributed by atoms with Crippen LogP contribution in [0.3, 0.4) is 0 Å². The van der Waals surface area contributed by atoms with Gasteiger partial charge in [-0.1, -0.05) is 0 Å². The summed E-state index contributed by atoms with van der Waals surface area (Å²) in [5, 5.41) is 0. The van der Waals surface area contributed by atoms with Gasteiger partial charge in [-0.2, -0.15) is 0 Å². The SMILES string of the molecule is CO[CH]([Au])CN. The second kappa shape index (κ2) is 3.84. The summed E-state index contributed by atoms with van der Waals surface area (Å²) in [5.74, 6) is 0. The first-order chi connectivity index (χ1) is 2.81. The van der Waals surface area contributed by atoms with Gasteiger partial charge in [0.2, 0.25) is 0 Å². The maximum absolute atomic E-state index is 5.14. The zero-order valence-electron chi connectivity index (χ0n) is 3.57. The third kappa shape index (κ3) is 2.87. The molecule has 0 aliphatic carbocycles. The molecular weight excluding hydrogens is 263 g/mol. The van der Waals surface area contributed by atoms with Crippen LogP contribution in [0.1, 0.15) is 0 Å². The number of hydrogen-bond acceptors (Lipinski definition) is 2. The van der Waals surface area contributed by atoms with Gasteiger partial charge < -0.3 is 0 Å². The minimum absolute atomic E-state index is 0.157. The van der Waals surface area contributed by atoms with Crippen LogP contribution >= 0.6 is 0 Å². The van der Waals surface area contributed by atoms with Crippen LogP contribution in [0.4, 0.5) is 0 Å². The molecule has 0 rings (SSSR count). The van der Waals surface area contributed by atoms with Crippen LogP contribution in [0.5, 0.6) is 0 Å². The molecule has 42 valence electrons. The molecular formula is C3H8AuNO. The summed E-state index contributed by atoms with van der Waals surface area (Å²) in [6, 6.07) is 0. The summed E-state index contributed by atoms with van der Waals surface area (Å²) in [7, 11) is 1.64. The third-order valence-electron chi connectivity index (χ3n) is 0.405. The quantitative estimate of drug-likeness (QED) is 0.685. The van der Waals surface area contributed by atoms with E-state index in [1.54, 1.807) is 7.11 Å². The van der Waals surface area contributed by atoms with E-state index in [4.69, 9.17) is 10.5 Å². The Morgan fingerprint density at radius 3 is 2.50 bits per heavy atom. The van der Waals surface area contributed by atoms with E-state index in [2.05, 4.69) is 21.1 Å². The van der Waals surface area contributed by atoms with E-state index in [0.29, 0.717) is 6.54 Å². The Bertz CT molecular complexity index is 30.0. The fraction of sp³-hybridized carbons (Fsp3) is 1.00. The van der Waals surface area contributed by atoms with Crippen LogP contribution in [0.2, 0.25) is 0 Å². The Morgan fingerprint density at radius 1 is 2.00 bits per heavy atom. The van der Waals surface area contributed by atoms with Crippen LogP contribution in [-0.2, 0) is 25.8 Å². The van der Waals surface area contributed by atoms with E-state index < -0.39 is 0 Å². The Hall–Kier alpha value is 0.660. The molecule has 0 aliphatic heterocycles. The summed E-state index contributed by atoms with van der Waals surface area (Å²) in [6.07, 6.45) is 0. The molecule has 0 aliphatic rings. The molecule has 0 aromatic rings. The average molecular weight is 271 g/mol. The Balaban J connectivity index is 2.75. The van der Waals surface area contributed by atoms with Crippen molar-refractivity contribution in [2.24, 2.45) is 5.73 Å². The molecule has 0 amide bonds. The van der Waals surface area contributed by atoms with Crippen LogP contribution in [0.15, 0.2) is 0 Å². The van der Waals surface area contributed by atoms with Gasteiger partial charge in [-0.25, -0.2) is 0 Å². The van der Waals surface area contributed by atoms with Gasteiger partial charge in [0.1, 0.15) is 0 Å². The van der Waals surface area contributed by atoms with Crippen molar-refractivity contribution >= 4 is 0 Å². The first-order valence-corrected chi connectivity index (χ1v) is 2.89. The van der Waals surface area contributed by atoms with Crippen LogP contribution in [0.25, 0.3) is 0 Å².